The molecule has 0 unspecified atom stereocenters. The van der Waals surface area contributed by atoms with Gasteiger partial charge in [-0.25, -0.2) is 8.42 Å². The molecule has 1 saturated heterocycles. The molecule has 2 aliphatic carbocycles. The van der Waals surface area contributed by atoms with Crippen LogP contribution >= 0.6 is 0 Å². The maximum atomic E-state index is 14.2. The van der Waals surface area contributed by atoms with Crippen LogP contribution in [-0.2, 0) is 30.8 Å². The summed E-state index contributed by atoms with van der Waals surface area (Å²) in [5.74, 6) is -0.239. The fourth-order valence-corrected chi connectivity index (χ4v) is 9.87. The number of sulfonamides is 1. The lowest BCUT2D eigenvalue weighted by Crippen LogP contribution is -2.57. The summed E-state index contributed by atoms with van der Waals surface area (Å²) in [5, 5.41) is 4.82. The van der Waals surface area contributed by atoms with Crippen LogP contribution in [-0.4, -0.2) is 71.6 Å². The number of aromatic nitrogens is 1. The van der Waals surface area contributed by atoms with E-state index in [9.17, 15) is 22.8 Å². The van der Waals surface area contributed by atoms with Gasteiger partial charge in [0.15, 0.2) is 0 Å². The summed E-state index contributed by atoms with van der Waals surface area (Å²) in [7, 11) is -3.93. The van der Waals surface area contributed by atoms with Crippen LogP contribution in [0.25, 0.3) is 10.8 Å². The highest BCUT2D eigenvalue weighted by Gasteiger charge is 2.63. The standard InChI is InChI=1S/C37H48N4O7S/c1-4-36(15-16-36)49(45,46)40-35(44)37-21-25(37)11-6-5-10-23(2)18-24(3)19-31(42)41-22-26(20-30(41)32(43)39-37)48-34-29-13-8-7-12-27(29)28-14-9-17-47-33(28)38-34/h6-8,11-13,23-26,30H,4-5,9-10,14-22H2,1-3H3,(H,39,43)(H,40,44)/b11-6-/t23-,24-,25-,26-,30+,37-/m1/s1. The van der Waals surface area contributed by atoms with Crippen LogP contribution in [0.5, 0.6) is 11.8 Å². The summed E-state index contributed by atoms with van der Waals surface area (Å²) in [4.78, 5) is 48.4. The van der Waals surface area contributed by atoms with Gasteiger partial charge in [-0.15, -0.1) is 0 Å². The minimum absolute atomic E-state index is 0.118. The molecule has 7 rings (SSSR count). The first kappa shape index (κ1) is 33.8. The number of rotatable bonds is 6. The molecule has 0 bridgehead atoms. The maximum absolute atomic E-state index is 14.2. The number of aryl methyl sites for hydroxylation is 1. The third-order valence-corrected chi connectivity index (χ3v) is 13.7. The van der Waals surface area contributed by atoms with E-state index >= 15 is 0 Å². The van der Waals surface area contributed by atoms with Crippen LogP contribution < -0.4 is 19.5 Å². The first-order chi connectivity index (χ1) is 23.4. The molecule has 6 atom stereocenters. The Bertz CT molecular complexity index is 1790. The van der Waals surface area contributed by atoms with E-state index in [0.717, 1.165) is 48.4 Å². The molecule has 3 aliphatic heterocycles. The number of ether oxygens (including phenoxy) is 2. The van der Waals surface area contributed by atoms with E-state index in [-0.39, 0.29) is 43.6 Å². The van der Waals surface area contributed by atoms with Crippen molar-refractivity contribution in [3.8, 4) is 11.8 Å². The van der Waals surface area contributed by atoms with Gasteiger partial charge in [-0.1, -0.05) is 51.1 Å². The molecule has 2 saturated carbocycles. The summed E-state index contributed by atoms with van der Waals surface area (Å²) in [5.41, 5.74) is -0.360. The smallest absolute Gasteiger partial charge is 0.259 e. The number of hydrogen-bond donors (Lipinski definition) is 2. The molecular weight excluding hydrogens is 644 g/mol. The van der Waals surface area contributed by atoms with E-state index in [1.165, 1.54) is 0 Å². The molecule has 49 heavy (non-hydrogen) atoms. The summed E-state index contributed by atoms with van der Waals surface area (Å²) in [6.07, 6.45) is 10.0. The number of allylic oxidation sites excluding steroid dienone is 1. The second-order valence-corrected chi connectivity index (χ2v) is 17.2. The van der Waals surface area contributed by atoms with Crippen molar-refractivity contribution < 1.29 is 32.3 Å². The molecule has 1 aromatic heterocycles. The van der Waals surface area contributed by atoms with Crippen molar-refractivity contribution in [1.82, 2.24) is 19.9 Å². The Kier molecular flexibility index (Phi) is 8.90. The zero-order valence-electron chi connectivity index (χ0n) is 28.7. The van der Waals surface area contributed by atoms with Gasteiger partial charge in [-0.3, -0.25) is 19.1 Å². The van der Waals surface area contributed by atoms with Crippen molar-refractivity contribution in [2.75, 3.05) is 13.2 Å². The number of fused-ring (bicyclic) bond motifs is 5. The highest BCUT2D eigenvalue weighted by molar-refractivity contribution is 7.91. The highest BCUT2D eigenvalue weighted by atomic mass is 32.2. The van der Waals surface area contributed by atoms with Gasteiger partial charge in [-0.05, 0) is 81.1 Å². The van der Waals surface area contributed by atoms with Crippen LogP contribution in [0.3, 0.4) is 0 Å². The fraction of sp³-hybridized carbons (Fsp3) is 0.622. The summed E-state index contributed by atoms with van der Waals surface area (Å²) >= 11 is 0. The molecular formula is C37H48N4O7S. The normalized spacial score (nSPS) is 31.9. The Labute approximate surface area is 288 Å². The second-order valence-electron chi connectivity index (χ2n) is 15.1. The van der Waals surface area contributed by atoms with Crippen molar-refractivity contribution in [3.63, 3.8) is 0 Å². The van der Waals surface area contributed by atoms with E-state index in [1.807, 2.05) is 43.3 Å². The predicted molar refractivity (Wildman–Crippen MR) is 184 cm³/mol. The quantitative estimate of drug-likeness (QED) is 0.419. The predicted octanol–water partition coefficient (Wildman–Crippen LogP) is 4.57. The molecule has 5 aliphatic rings. The van der Waals surface area contributed by atoms with Gasteiger partial charge >= 0.3 is 0 Å². The van der Waals surface area contributed by atoms with Crippen LogP contribution in [0.4, 0.5) is 0 Å². The van der Waals surface area contributed by atoms with Gasteiger partial charge < -0.3 is 19.7 Å². The molecule has 2 aromatic rings. The number of carbonyl (C=O) groups excluding carboxylic acids is 3. The minimum atomic E-state index is -3.93. The van der Waals surface area contributed by atoms with Crippen molar-refractivity contribution in [3.05, 3.63) is 42.0 Å². The third-order valence-electron chi connectivity index (χ3n) is 11.5. The number of amides is 3. The average molecular weight is 693 g/mol. The van der Waals surface area contributed by atoms with Crippen molar-refractivity contribution in [2.45, 2.75) is 114 Å². The summed E-state index contributed by atoms with van der Waals surface area (Å²) < 4.78 is 40.4. The molecule has 4 heterocycles. The van der Waals surface area contributed by atoms with Gasteiger partial charge in [-0.2, -0.15) is 4.98 Å². The number of nitrogens with zero attached hydrogens (tertiary/aromatic N) is 2. The monoisotopic (exact) mass is 692 g/mol. The van der Waals surface area contributed by atoms with Crippen LogP contribution in [0, 0.1) is 17.8 Å². The van der Waals surface area contributed by atoms with Gasteiger partial charge in [0.2, 0.25) is 33.6 Å². The lowest BCUT2D eigenvalue weighted by Gasteiger charge is -2.28. The number of carbonyl (C=O) groups is 3. The van der Waals surface area contributed by atoms with Gasteiger partial charge in [0, 0.05) is 29.7 Å². The third kappa shape index (κ3) is 6.41. The van der Waals surface area contributed by atoms with Crippen LogP contribution in [0.2, 0.25) is 0 Å². The Morgan fingerprint density at radius 1 is 1.14 bits per heavy atom. The highest BCUT2D eigenvalue weighted by Crippen LogP contribution is 2.49. The fourth-order valence-electron chi connectivity index (χ4n) is 8.20. The molecule has 2 N–H and O–H groups in total. The van der Waals surface area contributed by atoms with E-state index in [4.69, 9.17) is 14.5 Å². The second kappa shape index (κ2) is 12.9. The maximum Gasteiger partial charge on any atom is 0.259 e. The molecule has 0 radical (unpaired) electrons. The largest absolute Gasteiger partial charge is 0.477 e. The van der Waals surface area contributed by atoms with Crippen molar-refractivity contribution >= 4 is 38.5 Å². The molecule has 12 heteroatoms. The molecule has 264 valence electrons. The average Bonchev–Trinajstić information content (AvgIpc) is 3.98. The Balaban J connectivity index is 1.18. The first-order valence-corrected chi connectivity index (χ1v) is 19.5. The molecule has 3 amide bonds. The molecule has 0 spiro atoms. The van der Waals surface area contributed by atoms with Crippen molar-refractivity contribution in [1.29, 1.82) is 0 Å². The Morgan fingerprint density at radius 2 is 1.92 bits per heavy atom. The first-order valence-electron chi connectivity index (χ1n) is 18.0. The lowest BCUT2D eigenvalue weighted by molar-refractivity contribution is -0.140. The van der Waals surface area contributed by atoms with E-state index in [1.54, 1.807) is 4.90 Å². The van der Waals surface area contributed by atoms with E-state index in [0.29, 0.717) is 43.5 Å². The van der Waals surface area contributed by atoms with Crippen molar-refractivity contribution in [2.24, 2.45) is 17.8 Å². The SMILES string of the molecule is CCC1(S(=O)(=O)NC(=O)[C@@]23C[C@H]2/C=C\CC[C@@H](C)C[C@@H](C)CC(=O)N2C[C@H](Oc4nc5c(c6ccccc46)CCCO5)C[C@H]2C(=O)N3)CC1. The van der Waals surface area contributed by atoms with E-state index < -0.39 is 44.3 Å². The Hall–Kier alpha value is -3.67. The van der Waals surface area contributed by atoms with Gasteiger partial charge in [0.1, 0.15) is 17.7 Å². The molecule has 3 fully saturated rings. The molecule has 11 nitrogen and oxygen atoms in total. The lowest BCUT2D eigenvalue weighted by atomic mass is 9.91. The zero-order valence-corrected chi connectivity index (χ0v) is 29.5. The number of pyridine rings is 1. The minimum Gasteiger partial charge on any atom is -0.477 e. The number of nitrogens with one attached hydrogen (secondary N) is 2. The van der Waals surface area contributed by atoms with Gasteiger partial charge in [0.05, 0.1) is 17.9 Å². The topological polar surface area (TPSA) is 144 Å². The van der Waals surface area contributed by atoms with Gasteiger partial charge in [0.25, 0.3) is 5.91 Å². The van der Waals surface area contributed by atoms with Crippen LogP contribution in [0.15, 0.2) is 36.4 Å². The number of hydrogen-bond acceptors (Lipinski definition) is 8. The number of benzene rings is 1. The summed E-state index contributed by atoms with van der Waals surface area (Å²) in [6, 6.07) is 7.00. The Morgan fingerprint density at radius 3 is 2.67 bits per heavy atom. The van der Waals surface area contributed by atoms with E-state index in [2.05, 4.69) is 23.9 Å². The van der Waals surface area contributed by atoms with Crippen LogP contribution in [0.1, 0.15) is 90.5 Å². The zero-order chi connectivity index (χ0) is 34.6. The summed E-state index contributed by atoms with van der Waals surface area (Å²) in [6.45, 7) is 6.83. The molecule has 1 aromatic carbocycles.